The van der Waals surface area contributed by atoms with Crippen molar-refractivity contribution < 1.29 is 13.6 Å². The molecule has 1 heterocycles. The van der Waals surface area contributed by atoms with Crippen LogP contribution in [0.15, 0.2) is 35.1 Å². The topological polar surface area (TPSA) is 55.2 Å². The second-order valence-electron chi connectivity index (χ2n) is 6.18. The lowest BCUT2D eigenvalue weighted by molar-refractivity contribution is 0.0719. The molecular formula is C18H19F2N3O2. The third-order valence-corrected chi connectivity index (χ3v) is 4.13. The van der Waals surface area contributed by atoms with Crippen LogP contribution in [0.25, 0.3) is 0 Å². The van der Waals surface area contributed by atoms with Crippen LogP contribution in [0.4, 0.5) is 8.78 Å². The van der Waals surface area contributed by atoms with E-state index in [9.17, 15) is 18.4 Å². The lowest BCUT2D eigenvalue weighted by Crippen LogP contribution is -2.35. The van der Waals surface area contributed by atoms with Crippen LogP contribution in [0.3, 0.4) is 0 Å². The maximum atomic E-state index is 13.9. The molecule has 0 unspecified atom stereocenters. The fraction of sp³-hybridized carbons (Fsp3) is 0.389. The summed E-state index contributed by atoms with van der Waals surface area (Å²) in [5.41, 5.74) is 0.145. The molecule has 2 aromatic rings. The summed E-state index contributed by atoms with van der Waals surface area (Å²) in [5, 5.41) is 4.13. The molecule has 1 aromatic carbocycles. The number of nitrogens with zero attached hydrogens (tertiary/aromatic N) is 3. The second kappa shape index (κ2) is 7.13. The van der Waals surface area contributed by atoms with Gasteiger partial charge in [0, 0.05) is 36.8 Å². The molecular weight excluding hydrogens is 328 g/mol. The van der Waals surface area contributed by atoms with Crippen molar-refractivity contribution in [1.29, 1.82) is 0 Å². The van der Waals surface area contributed by atoms with Crippen LogP contribution in [-0.2, 0) is 13.1 Å². The predicted molar refractivity (Wildman–Crippen MR) is 88.0 cm³/mol. The number of amides is 1. The first-order valence-corrected chi connectivity index (χ1v) is 8.32. The summed E-state index contributed by atoms with van der Waals surface area (Å²) in [5.74, 6) is -1.68. The van der Waals surface area contributed by atoms with Crippen LogP contribution in [0.1, 0.15) is 42.2 Å². The van der Waals surface area contributed by atoms with Gasteiger partial charge in [0.05, 0.1) is 0 Å². The zero-order chi connectivity index (χ0) is 18.0. The molecule has 132 valence electrons. The molecule has 0 N–H and O–H groups in total. The van der Waals surface area contributed by atoms with Crippen LogP contribution in [0, 0.1) is 11.6 Å². The average molecular weight is 347 g/mol. The summed E-state index contributed by atoms with van der Waals surface area (Å²) >= 11 is 0. The van der Waals surface area contributed by atoms with Gasteiger partial charge < -0.3 is 4.90 Å². The smallest absolute Gasteiger partial charge is 0.274 e. The number of aryl methyl sites for hydroxylation is 1. The molecule has 1 aromatic heterocycles. The normalized spacial score (nSPS) is 13.7. The SMILES string of the molecule is CCCn1nc(C(=O)N(Cc2ccc(F)cc2F)C2CC2)ccc1=O. The van der Waals surface area contributed by atoms with Gasteiger partial charge in [-0.1, -0.05) is 13.0 Å². The Morgan fingerprint density at radius 2 is 2.04 bits per heavy atom. The highest BCUT2D eigenvalue weighted by Gasteiger charge is 2.34. The highest BCUT2D eigenvalue weighted by molar-refractivity contribution is 5.92. The Labute approximate surface area is 143 Å². The predicted octanol–water partition coefficient (Wildman–Crippen LogP) is 2.74. The Bertz CT molecular complexity index is 846. The van der Waals surface area contributed by atoms with Gasteiger partial charge in [-0.3, -0.25) is 9.59 Å². The van der Waals surface area contributed by atoms with Crippen molar-refractivity contribution in [2.75, 3.05) is 0 Å². The van der Waals surface area contributed by atoms with E-state index in [1.807, 2.05) is 6.92 Å². The molecule has 0 radical (unpaired) electrons. The number of hydrogen-bond donors (Lipinski definition) is 0. The minimum absolute atomic E-state index is 0.0188. The summed E-state index contributed by atoms with van der Waals surface area (Å²) in [7, 11) is 0. The van der Waals surface area contributed by atoms with Gasteiger partial charge >= 0.3 is 0 Å². The molecule has 0 saturated heterocycles. The standard InChI is InChI=1S/C18H19F2N3O2/c1-2-9-23-17(24)8-7-16(21-23)18(25)22(14-5-6-14)11-12-3-4-13(19)10-15(12)20/h3-4,7-8,10,14H,2,5-6,9,11H2,1H3. The number of hydrogen-bond acceptors (Lipinski definition) is 3. The minimum atomic E-state index is -0.678. The van der Waals surface area contributed by atoms with Crippen molar-refractivity contribution in [3.05, 3.63) is 63.6 Å². The lowest BCUT2D eigenvalue weighted by Gasteiger charge is -2.22. The minimum Gasteiger partial charge on any atom is -0.330 e. The van der Waals surface area contributed by atoms with Gasteiger partial charge in [0.2, 0.25) is 0 Å². The van der Waals surface area contributed by atoms with Gasteiger partial charge in [0.15, 0.2) is 0 Å². The summed E-state index contributed by atoms with van der Waals surface area (Å²) in [6, 6.07) is 6.06. The molecule has 3 rings (SSSR count). The highest BCUT2D eigenvalue weighted by Crippen LogP contribution is 2.30. The number of rotatable bonds is 6. The van der Waals surface area contributed by atoms with Crippen molar-refractivity contribution in [2.24, 2.45) is 0 Å². The first-order valence-electron chi connectivity index (χ1n) is 8.32. The third kappa shape index (κ3) is 3.92. The number of benzene rings is 1. The Hall–Kier alpha value is -2.57. The molecule has 1 fully saturated rings. The number of carbonyl (C=O) groups is 1. The second-order valence-corrected chi connectivity index (χ2v) is 6.18. The zero-order valence-corrected chi connectivity index (χ0v) is 13.9. The summed E-state index contributed by atoms with van der Waals surface area (Å²) < 4.78 is 28.3. The van der Waals surface area contributed by atoms with Crippen molar-refractivity contribution in [2.45, 2.75) is 45.3 Å². The van der Waals surface area contributed by atoms with Gasteiger partial charge in [0.25, 0.3) is 11.5 Å². The van der Waals surface area contributed by atoms with Gasteiger partial charge in [-0.15, -0.1) is 0 Å². The van der Waals surface area contributed by atoms with E-state index in [-0.39, 0.29) is 35.3 Å². The first-order chi connectivity index (χ1) is 12.0. The highest BCUT2D eigenvalue weighted by atomic mass is 19.1. The molecule has 0 bridgehead atoms. The summed E-state index contributed by atoms with van der Waals surface area (Å²) in [6.07, 6.45) is 2.39. The average Bonchev–Trinajstić information content (AvgIpc) is 3.41. The van der Waals surface area contributed by atoms with Gasteiger partial charge in [-0.25, -0.2) is 13.5 Å². The molecule has 7 heteroatoms. The van der Waals surface area contributed by atoms with Gasteiger partial charge in [0.1, 0.15) is 17.3 Å². The zero-order valence-electron chi connectivity index (χ0n) is 13.9. The van der Waals surface area contributed by atoms with E-state index in [0.717, 1.165) is 25.3 Å². The molecule has 5 nitrogen and oxygen atoms in total. The van der Waals surface area contributed by atoms with Gasteiger partial charge in [-0.05, 0) is 31.4 Å². The number of carbonyl (C=O) groups excluding carboxylic acids is 1. The fourth-order valence-electron chi connectivity index (χ4n) is 2.67. The lowest BCUT2D eigenvalue weighted by atomic mass is 10.2. The van der Waals surface area contributed by atoms with Crippen molar-refractivity contribution >= 4 is 5.91 Å². The molecule has 1 aliphatic rings. The number of aromatic nitrogens is 2. The molecule has 1 amide bonds. The van der Waals surface area contributed by atoms with Crippen LogP contribution in [-0.4, -0.2) is 26.6 Å². The molecule has 0 spiro atoms. The maximum Gasteiger partial charge on any atom is 0.274 e. The molecule has 0 atom stereocenters. The Morgan fingerprint density at radius 3 is 2.68 bits per heavy atom. The van der Waals surface area contributed by atoms with E-state index in [2.05, 4.69) is 5.10 Å². The van der Waals surface area contributed by atoms with Crippen LogP contribution in [0.5, 0.6) is 0 Å². The van der Waals surface area contributed by atoms with E-state index in [1.54, 1.807) is 4.90 Å². The van der Waals surface area contributed by atoms with E-state index in [0.29, 0.717) is 6.54 Å². The van der Waals surface area contributed by atoms with Crippen LogP contribution in [0.2, 0.25) is 0 Å². The van der Waals surface area contributed by atoms with Crippen molar-refractivity contribution in [1.82, 2.24) is 14.7 Å². The Kier molecular flexibility index (Phi) is 4.92. The largest absolute Gasteiger partial charge is 0.330 e. The monoisotopic (exact) mass is 347 g/mol. The Morgan fingerprint density at radius 1 is 1.28 bits per heavy atom. The van der Waals surface area contributed by atoms with Gasteiger partial charge in [-0.2, -0.15) is 5.10 Å². The first kappa shape index (κ1) is 17.3. The number of halogens is 2. The van der Waals surface area contributed by atoms with E-state index in [4.69, 9.17) is 0 Å². The third-order valence-electron chi connectivity index (χ3n) is 4.13. The van der Waals surface area contributed by atoms with Crippen LogP contribution >= 0.6 is 0 Å². The molecule has 0 aliphatic heterocycles. The molecule has 1 saturated carbocycles. The van der Waals surface area contributed by atoms with Crippen LogP contribution < -0.4 is 5.56 Å². The maximum absolute atomic E-state index is 13.9. The van der Waals surface area contributed by atoms with E-state index >= 15 is 0 Å². The molecule has 25 heavy (non-hydrogen) atoms. The van der Waals surface area contributed by atoms with Crippen molar-refractivity contribution in [3.8, 4) is 0 Å². The Balaban J connectivity index is 1.87. The fourth-order valence-corrected chi connectivity index (χ4v) is 2.67. The summed E-state index contributed by atoms with van der Waals surface area (Å²) in [6.45, 7) is 2.39. The molecule has 1 aliphatic carbocycles. The van der Waals surface area contributed by atoms with E-state index < -0.39 is 11.6 Å². The van der Waals surface area contributed by atoms with Crippen molar-refractivity contribution in [3.63, 3.8) is 0 Å². The summed E-state index contributed by atoms with van der Waals surface area (Å²) in [4.78, 5) is 26.1. The van der Waals surface area contributed by atoms with E-state index in [1.165, 1.54) is 28.9 Å². The quantitative estimate of drug-likeness (QED) is 0.807.